The lowest BCUT2D eigenvalue weighted by molar-refractivity contribution is 0.181. The third kappa shape index (κ3) is 2.14. The number of benzene rings is 1. The summed E-state index contributed by atoms with van der Waals surface area (Å²) in [6, 6.07) is 0.942. The first-order chi connectivity index (χ1) is 7.02. The summed E-state index contributed by atoms with van der Waals surface area (Å²) in [6.07, 6.45) is -1.09. The molecule has 0 aliphatic rings. The molecule has 0 saturated carbocycles. The third-order valence-corrected chi connectivity index (χ3v) is 2.31. The molecule has 0 saturated heterocycles. The highest BCUT2D eigenvalue weighted by molar-refractivity contribution is 6.33. The number of aliphatic hydroxyl groups excluding tert-OH is 1. The van der Waals surface area contributed by atoms with Crippen LogP contribution in [-0.4, -0.2) is 23.9 Å². The van der Waals surface area contributed by atoms with E-state index in [9.17, 15) is 14.6 Å². The smallest absolute Gasteiger partial charge is 0.174 e. The van der Waals surface area contributed by atoms with Gasteiger partial charge in [0.25, 0.3) is 0 Å². The average molecular weight is 236 g/mol. The molecule has 1 aromatic carbocycles. The Kier molecular flexibility index (Phi) is 3.73. The van der Waals surface area contributed by atoms with Crippen LogP contribution < -0.4 is 10.5 Å². The van der Waals surface area contributed by atoms with Gasteiger partial charge in [-0.05, 0) is 6.07 Å². The molecule has 4 N–H and O–H groups in total. The Balaban J connectivity index is 3.38. The number of nitrogens with two attached hydrogens (primary N) is 1. The lowest BCUT2D eigenvalue weighted by Gasteiger charge is -2.15. The topological polar surface area (TPSA) is 75.7 Å². The second-order valence-electron chi connectivity index (χ2n) is 2.89. The van der Waals surface area contributed by atoms with E-state index in [1.165, 1.54) is 7.11 Å². The molecule has 0 heterocycles. The van der Waals surface area contributed by atoms with Crippen molar-refractivity contribution >= 4 is 11.6 Å². The summed E-state index contributed by atoms with van der Waals surface area (Å²) < 4.78 is 18.0. The highest BCUT2D eigenvalue weighted by Crippen LogP contribution is 2.40. The van der Waals surface area contributed by atoms with Gasteiger partial charge in [0.15, 0.2) is 11.6 Å². The van der Waals surface area contributed by atoms with Crippen LogP contribution >= 0.6 is 11.6 Å². The zero-order chi connectivity index (χ0) is 11.6. The highest BCUT2D eigenvalue weighted by atomic mass is 35.5. The minimum Gasteiger partial charge on any atom is -0.504 e. The fourth-order valence-corrected chi connectivity index (χ4v) is 1.47. The number of aromatic hydroxyl groups is 1. The number of rotatable bonds is 3. The molecular weight excluding hydrogens is 225 g/mol. The van der Waals surface area contributed by atoms with Gasteiger partial charge in [-0.15, -0.1) is 0 Å². The van der Waals surface area contributed by atoms with Gasteiger partial charge in [0, 0.05) is 12.1 Å². The molecule has 1 unspecified atom stereocenters. The van der Waals surface area contributed by atoms with Gasteiger partial charge < -0.3 is 20.7 Å². The molecule has 0 aliphatic carbocycles. The maximum atomic E-state index is 13.1. The van der Waals surface area contributed by atoms with Crippen LogP contribution in [0.4, 0.5) is 4.39 Å². The molecule has 0 amide bonds. The van der Waals surface area contributed by atoms with E-state index in [0.717, 1.165) is 6.07 Å². The maximum absolute atomic E-state index is 13.1. The largest absolute Gasteiger partial charge is 0.504 e. The Hall–Kier alpha value is -1.04. The number of halogens is 2. The Morgan fingerprint density at radius 3 is 2.73 bits per heavy atom. The van der Waals surface area contributed by atoms with Crippen molar-refractivity contribution in [1.82, 2.24) is 0 Å². The molecule has 1 atom stereocenters. The lowest BCUT2D eigenvalue weighted by atomic mass is 10.1. The van der Waals surface area contributed by atoms with Crippen LogP contribution in [0.2, 0.25) is 5.02 Å². The molecule has 1 rings (SSSR count). The summed E-state index contributed by atoms with van der Waals surface area (Å²) in [4.78, 5) is 0. The van der Waals surface area contributed by atoms with Crippen LogP contribution in [0.25, 0.3) is 0 Å². The number of hydrogen-bond donors (Lipinski definition) is 3. The van der Waals surface area contributed by atoms with Crippen molar-refractivity contribution in [2.45, 2.75) is 6.10 Å². The quantitative estimate of drug-likeness (QED) is 0.736. The number of methoxy groups -OCH3 is 1. The standard InChI is InChI=1S/C9H11ClFNO3/c1-15-9-4(6(13)3-12)2-5(11)8(14)7(9)10/h2,6,13-14H,3,12H2,1H3. The Bertz CT molecular complexity index is 373. The van der Waals surface area contributed by atoms with E-state index in [-0.39, 0.29) is 22.9 Å². The van der Waals surface area contributed by atoms with Gasteiger partial charge in [-0.25, -0.2) is 4.39 Å². The predicted molar refractivity (Wildman–Crippen MR) is 53.6 cm³/mol. The SMILES string of the molecule is COc1c(C(O)CN)cc(F)c(O)c1Cl. The molecule has 0 bridgehead atoms. The van der Waals surface area contributed by atoms with Crippen LogP contribution in [0.1, 0.15) is 11.7 Å². The number of phenols is 1. The van der Waals surface area contributed by atoms with Crippen LogP contribution in [0.15, 0.2) is 6.07 Å². The molecule has 0 aliphatic heterocycles. The average Bonchev–Trinajstić information content (AvgIpc) is 2.24. The summed E-state index contributed by atoms with van der Waals surface area (Å²) in [5.74, 6) is -1.61. The van der Waals surface area contributed by atoms with Crippen molar-refractivity contribution in [3.05, 3.63) is 22.5 Å². The lowest BCUT2D eigenvalue weighted by Crippen LogP contribution is -2.13. The van der Waals surface area contributed by atoms with E-state index in [1.54, 1.807) is 0 Å². The first-order valence-corrected chi connectivity index (χ1v) is 4.53. The molecule has 0 spiro atoms. The molecule has 4 nitrogen and oxygen atoms in total. The molecule has 0 aromatic heterocycles. The van der Waals surface area contributed by atoms with E-state index >= 15 is 0 Å². The van der Waals surface area contributed by atoms with Crippen molar-refractivity contribution < 1.29 is 19.3 Å². The van der Waals surface area contributed by atoms with Crippen molar-refractivity contribution in [3.63, 3.8) is 0 Å². The van der Waals surface area contributed by atoms with E-state index in [2.05, 4.69) is 0 Å². The Morgan fingerprint density at radius 1 is 1.67 bits per heavy atom. The van der Waals surface area contributed by atoms with Crippen LogP contribution in [0, 0.1) is 5.82 Å². The minimum atomic E-state index is -1.09. The van der Waals surface area contributed by atoms with Crippen LogP contribution in [-0.2, 0) is 0 Å². The monoisotopic (exact) mass is 235 g/mol. The van der Waals surface area contributed by atoms with Gasteiger partial charge in [0.1, 0.15) is 10.8 Å². The third-order valence-electron chi connectivity index (χ3n) is 1.96. The van der Waals surface area contributed by atoms with Gasteiger partial charge in [0.05, 0.1) is 13.2 Å². The summed E-state index contributed by atoms with van der Waals surface area (Å²) in [5.41, 5.74) is 5.34. The second kappa shape index (κ2) is 4.65. The summed E-state index contributed by atoms with van der Waals surface area (Å²) in [7, 11) is 1.30. The number of ether oxygens (including phenoxy) is 1. The summed E-state index contributed by atoms with van der Waals surface area (Å²) in [5, 5.41) is 18.4. The number of aliphatic hydroxyl groups is 1. The normalized spacial score (nSPS) is 12.6. The van der Waals surface area contributed by atoms with E-state index < -0.39 is 17.7 Å². The fourth-order valence-electron chi connectivity index (χ4n) is 1.19. The van der Waals surface area contributed by atoms with Crippen LogP contribution in [0.5, 0.6) is 11.5 Å². The van der Waals surface area contributed by atoms with Crippen molar-refractivity contribution in [2.75, 3.05) is 13.7 Å². The molecule has 15 heavy (non-hydrogen) atoms. The zero-order valence-corrected chi connectivity index (χ0v) is 8.75. The van der Waals surface area contributed by atoms with E-state index in [0.29, 0.717) is 0 Å². The van der Waals surface area contributed by atoms with Gasteiger partial charge in [-0.3, -0.25) is 0 Å². The molecule has 84 valence electrons. The minimum absolute atomic E-state index is 0.0218. The van der Waals surface area contributed by atoms with E-state index in [4.69, 9.17) is 22.1 Å². The summed E-state index contributed by atoms with van der Waals surface area (Å²) >= 11 is 5.64. The summed E-state index contributed by atoms with van der Waals surface area (Å²) in [6.45, 7) is -0.100. The van der Waals surface area contributed by atoms with Gasteiger partial charge in [0.2, 0.25) is 0 Å². The van der Waals surface area contributed by atoms with Gasteiger partial charge in [-0.1, -0.05) is 11.6 Å². The molecule has 1 aromatic rings. The zero-order valence-electron chi connectivity index (χ0n) is 8.00. The Morgan fingerprint density at radius 2 is 2.27 bits per heavy atom. The van der Waals surface area contributed by atoms with Gasteiger partial charge in [-0.2, -0.15) is 0 Å². The van der Waals surface area contributed by atoms with Gasteiger partial charge >= 0.3 is 0 Å². The van der Waals surface area contributed by atoms with Crippen molar-refractivity contribution in [2.24, 2.45) is 5.73 Å². The number of phenolic OH excluding ortho intramolecular Hbond substituents is 1. The van der Waals surface area contributed by atoms with Crippen molar-refractivity contribution in [1.29, 1.82) is 0 Å². The Labute approximate surface area is 91.0 Å². The molecular formula is C9H11ClFNO3. The second-order valence-corrected chi connectivity index (χ2v) is 3.27. The predicted octanol–water partition coefficient (Wildman–Crippen LogP) is 1.19. The first-order valence-electron chi connectivity index (χ1n) is 4.15. The fraction of sp³-hybridized carbons (Fsp3) is 0.333. The van der Waals surface area contributed by atoms with E-state index in [1.807, 2.05) is 0 Å². The number of hydrogen-bond acceptors (Lipinski definition) is 4. The highest BCUT2D eigenvalue weighted by Gasteiger charge is 2.21. The van der Waals surface area contributed by atoms with Crippen molar-refractivity contribution in [3.8, 4) is 11.5 Å². The molecule has 6 heteroatoms. The van der Waals surface area contributed by atoms with Crippen LogP contribution in [0.3, 0.4) is 0 Å². The first kappa shape index (κ1) is 12.0. The molecule has 0 radical (unpaired) electrons. The molecule has 0 fully saturated rings. The maximum Gasteiger partial charge on any atom is 0.174 e.